The summed E-state index contributed by atoms with van der Waals surface area (Å²) in [6.07, 6.45) is 0. The highest BCUT2D eigenvalue weighted by Crippen LogP contribution is 1.92. The molecular formula is C7H9N3O2. The van der Waals surface area contributed by atoms with Crippen molar-refractivity contribution in [3.8, 4) is 0 Å². The zero-order valence-corrected chi connectivity index (χ0v) is 6.87. The maximum Gasteiger partial charge on any atom is 0.273 e. The van der Waals surface area contributed by atoms with Gasteiger partial charge in [0.15, 0.2) is 0 Å². The highest BCUT2D eigenvalue weighted by molar-refractivity contribution is 5.91. The number of amides is 1. The molecule has 1 amide bonds. The fourth-order valence-corrected chi connectivity index (χ4v) is 0.693. The number of hydrogen-bond acceptors (Lipinski definition) is 3. The normalized spacial score (nSPS) is 9.50. The summed E-state index contributed by atoms with van der Waals surface area (Å²) in [4.78, 5) is 23.2. The average molecular weight is 167 g/mol. The third-order valence-electron chi connectivity index (χ3n) is 1.30. The molecule has 5 nitrogen and oxygen atoms in total. The minimum Gasteiger partial charge on any atom is -0.343 e. The van der Waals surface area contributed by atoms with Crippen LogP contribution in [-0.4, -0.2) is 35.1 Å². The van der Waals surface area contributed by atoms with E-state index in [0.29, 0.717) is 0 Å². The molecule has 1 N–H and O–H groups in total. The van der Waals surface area contributed by atoms with Gasteiger partial charge in [-0.05, 0) is 6.07 Å². The molecule has 1 aromatic rings. The topological polar surface area (TPSA) is 66.1 Å². The van der Waals surface area contributed by atoms with Gasteiger partial charge in [-0.25, -0.2) is 5.10 Å². The number of H-pyrrole nitrogens is 1. The molecule has 0 aromatic carbocycles. The smallest absolute Gasteiger partial charge is 0.273 e. The van der Waals surface area contributed by atoms with Gasteiger partial charge in [-0.1, -0.05) is 0 Å². The number of nitrogens with one attached hydrogen (secondary N) is 1. The maximum atomic E-state index is 11.2. The predicted octanol–water partition coefficient (Wildman–Crippen LogP) is -0.528. The number of carbonyl (C=O) groups excluding carboxylic acids is 1. The Morgan fingerprint density at radius 1 is 1.50 bits per heavy atom. The van der Waals surface area contributed by atoms with Gasteiger partial charge in [0.1, 0.15) is 5.69 Å². The summed E-state index contributed by atoms with van der Waals surface area (Å²) in [5, 5.41) is 5.75. The minimum absolute atomic E-state index is 0.230. The summed E-state index contributed by atoms with van der Waals surface area (Å²) < 4.78 is 0. The number of aromatic nitrogens is 2. The van der Waals surface area contributed by atoms with E-state index in [1.54, 1.807) is 14.1 Å². The lowest BCUT2D eigenvalue weighted by molar-refractivity contribution is 0.0820. The Hall–Kier alpha value is -1.65. The van der Waals surface area contributed by atoms with Crippen molar-refractivity contribution in [2.24, 2.45) is 0 Å². The Labute approximate surface area is 69.0 Å². The molecule has 1 heterocycles. The van der Waals surface area contributed by atoms with Gasteiger partial charge in [0.05, 0.1) is 0 Å². The Morgan fingerprint density at radius 2 is 2.17 bits per heavy atom. The number of rotatable bonds is 1. The molecule has 1 aromatic heterocycles. The Morgan fingerprint density at radius 3 is 2.58 bits per heavy atom. The van der Waals surface area contributed by atoms with E-state index in [4.69, 9.17) is 0 Å². The molecule has 0 saturated heterocycles. The van der Waals surface area contributed by atoms with Crippen molar-refractivity contribution in [3.63, 3.8) is 0 Å². The zero-order valence-electron chi connectivity index (χ0n) is 6.87. The van der Waals surface area contributed by atoms with Crippen molar-refractivity contribution >= 4 is 5.91 Å². The maximum absolute atomic E-state index is 11.2. The monoisotopic (exact) mass is 167 g/mol. The molecule has 0 saturated carbocycles. The van der Waals surface area contributed by atoms with Gasteiger partial charge in [0, 0.05) is 20.2 Å². The van der Waals surface area contributed by atoms with E-state index < -0.39 is 0 Å². The molecule has 0 aliphatic heterocycles. The van der Waals surface area contributed by atoms with E-state index >= 15 is 0 Å². The first-order chi connectivity index (χ1) is 5.61. The van der Waals surface area contributed by atoms with Crippen molar-refractivity contribution in [3.05, 3.63) is 28.2 Å². The van der Waals surface area contributed by atoms with E-state index in [2.05, 4.69) is 10.2 Å². The second-order valence-electron chi connectivity index (χ2n) is 2.51. The van der Waals surface area contributed by atoms with Crippen LogP contribution in [0.2, 0.25) is 0 Å². The summed E-state index contributed by atoms with van der Waals surface area (Å²) in [5.41, 5.74) is -0.0788. The summed E-state index contributed by atoms with van der Waals surface area (Å²) >= 11 is 0. The largest absolute Gasteiger partial charge is 0.343 e. The lowest BCUT2D eigenvalue weighted by Gasteiger charge is -2.07. The molecule has 0 atom stereocenters. The molecule has 0 unspecified atom stereocenters. The van der Waals surface area contributed by atoms with Crippen LogP contribution >= 0.6 is 0 Å². The van der Waals surface area contributed by atoms with Crippen LogP contribution in [0.1, 0.15) is 10.5 Å². The fraction of sp³-hybridized carbons (Fsp3) is 0.286. The van der Waals surface area contributed by atoms with Crippen LogP contribution in [0.4, 0.5) is 0 Å². The number of carbonyl (C=O) groups is 1. The van der Waals surface area contributed by atoms with Crippen molar-refractivity contribution < 1.29 is 4.79 Å². The van der Waals surface area contributed by atoms with Crippen LogP contribution in [0.5, 0.6) is 0 Å². The molecule has 0 fully saturated rings. The van der Waals surface area contributed by atoms with Crippen molar-refractivity contribution in [1.29, 1.82) is 0 Å². The SMILES string of the molecule is CN(C)C(=O)c1ccc(=O)[nH]n1. The van der Waals surface area contributed by atoms with E-state index in [0.717, 1.165) is 0 Å². The highest BCUT2D eigenvalue weighted by atomic mass is 16.2. The summed E-state index contributed by atoms with van der Waals surface area (Å²) in [6, 6.07) is 2.66. The average Bonchev–Trinajstić information content (AvgIpc) is 2.04. The van der Waals surface area contributed by atoms with Gasteiger partial charge in [-0.3, -0.25) is 9.59 Å². The van der Waals surface area contributed by atoms with Gasteiger partial charge < -0.3 is 4.90 Å². The van der Waals surface area contributed by atoms with Crippen LogP contribution in [-0.2, 0) is 0 Å². The van der Waals surface area contributed by atoms with Crippen LogP contribution in [0.3, 0.4) is 0 Å². The molecule has 0 aliphatic rings. The van der Waals surface area contributed by atoms with Crippen LogP contribution < -0.4 is 5.56 Å². The second kappa shape index (κ2) is 3.17. The van der Waals surface area contributed by atoms with Gasteiger partial charge in [0.25, 0.3) is 11.5 Å². The summed E-state index contributed by atoms with van der Waals surface area (Å²) in [6.45, 7) is 0. The highest BCUT2D eigenvalue weighted by Gasteiger charge is 2.08. The lowest BCUT2D eigenvalue weighted by atomic mass is 10.3. The van der Waals surface area contributed by atoms with E-state index in [1.807, 2.05) is 0 Å². The molecule has 0 spiro atoms. The van der Waals surface area contributed by atoms with Crippen LogP contribution in [0.15, 0.2) is 16.9 Å². The van der Waals surface area contributed by atoms with Crippen molar-refractivity contribution in [2.75, 3.05) is 14.1 Å². The third kappa shape index (κ3) is 1.69. The molecular weight excluding hydrogens is 158 g/mol. The Bertz CT molecular complexity index is 322. The molecule has 64 valence electrons. The van der Waals surface area contributed by atoms with Gasteiger partial charge in [-0.15, -0.1) is 0 Å². The molecule has 0 bridgehead atoms. The van der Waals surface area contributed by atoms with Crippen LogP contribution in [0, 0.1) is 0 Å². The number of aromatic amines is 1. The molecule has 5 heteroatoms. The predicted molar refractivity (Wildman–Crippen MR) is 42.9 cm³/mol. The Balaban J connectivity index is 2.98. The van der Waals surface area contributed by atoms with E-state index in [9.17, 15) is 9.59 Å². The summed E-state index contributed by atoms with van der Waals surface area (Å²) in [5.74, 6) is -0.230. The zero-order chi connectivity index (χ0) is 9.14. The standard InChI is InChI=1S/C7H9N3O2/c1-10(2)7(12)5-3-4-6(11)9-8-5/h3-4H,1-2H3,(H,9,11). The van der Waals surface area contributed by atoms with Gasteiger partial charge >= 0.3 is 0 Å². The minimum atomic E-state index is -0.315. The summed E-state index contributed by atoms with van der Waals surface area (Å²) in [7, 11) is 3.24. The third-order valence-corrected chi connectivity index (χ3v) is 1.30. The van der Waals surface area contributed by atoms with Crippen molar-refractivity contribution in [1.82, 2.24) is 15.1 Å². The molecule has 0 radical (unpaired) electrons. The first-order valence-corrected chi connectivity index (χ1v) is 3.38. The quantitative estimate of drug-likeness (QED) is 0.611. The van der Waals surface area contributed by atoms with E-state index in [1.165, 1.54) is 17.0 Å². The molecule has 0 aliphatic carbocycles. The molecule has 12 heavy (non-hydrogen) atoms. The fourth-order valence-electron chi connectivity index (χ4n) is 0.693. The lowest BCUT2D eigenvalue weighted by Crippen LogP contribution is -2.24. The van der Waals surface area contributed by atoms with Crippen LogP contribution in [0.25, 0.3) is 0 Å². The first-order valence-electron chi connectivity index (χ1n) is 3.38. The number of nitrogens with zero attached hydrogens (tertiary/aromatic N) is 2. The number of hydrogen-bond donors (Lipinski definition) is 1. The Kier molecular flexibility index (Phi) is 2.23. The second-order valence-corrected chi connectivity index (χ2v) is 2.51. The van der Waals surface area contributed by atoms with Crippen molar-refractivity contribution in [2.45, 2.75) is 0 Å². The van der Waals surface area contributed by atoms with E-state index in [-0.39, 0.29) is 17.2 Å². The first kappa shape index (κ1) is 8.45. The molecule has 1 rings (SSSR count). The van der Waals surface area contributed by atoms with Gasteiger partial charge in [-0.2, -0.15) is 5.10 Å². The van der Waals surface area contributed by atoms with Gasteiger partial charge in [0.2, 0.25) is 0 Å².